The van der Waals surface area contributed by atoms with E-state index in [4.69, 9.17) is 5.73 Å². The molecule has 13 heavy (non-hydrogen) atoms. The predicted octanol–water partition coefficient (Wildman–Crippen LogP) is 0.982. The van der Waals surface area contributed by atoms with Crippen LogP contribution in [0.1, 0.15) is 33.1 Å². The van der Waals surface area contributed by atoms with Gasteiger partial charge in [-0.15, -0.1) is 0 Å². The van der Waals surface area contributed by atoms with Crippen molar-refractivity contribution in [2.24, 2.45) is 11.7 Å². The molecule has 0 aromatic rings. The van der Waals surface area contributed by atoms with Gasteiger partial charge in [0.2, 0.25) is 5.91 Å². The molecule has 2 unspecified atom stereocenters. The third kappa shape index (κ3) is 2.21. The first-order valence-electron chi connectivity index (χ1n) is 5.25. The highest BCUT2D eigenvalue weighted by atomic mass is 16.2. The maximum Gasteiger partial charge on any atom is 0.227 e. The highest BCUT2D eigenvalue weighted by Gasteiger charge is 2.32. The summed E-state index contributed by atoms with van der Waals surface area (Å²) in [5, 5.41) is 0. The minimum Gasteiger partial charge on any atom is -0.343 e. The van der Waals surface area contributed by atoms with Crippen LogP contribution in [0, 0.1) is 5.92 Å². The number of amides is 1. The van der Waals surface area contributed by atoms with Gasteiger partial charge in [-0.3, -0.25) is 4.79 Å². The summed E-state index contributed by atoms with van der Waals surface area (Å²) >= 11 is 0. The van der Waals surface area contributed by atoms with Gasteiger partial charge in [0.15, 0.2) is 0 Å². The van der Waals surface area contributed by atoms with Crippen molar-refractivity contribution in [3.63, 3.8) is 0 Å². The summed E-state index contributed by atoms with van der Waals surface area (Å²) in [6.07, 6.45) is 3.10. The Morgan fingerprint density at radius 1 is 1.38 bits per heavy atom. The normalized spacial score (nSPS) is 27.6. The van der Waals surface area contributed by atoms with Crippen LogP contribution in [0.4, 0.5) is 0 Å². The number of rotatable bonds is 3. The number of nitrogens with zero attached hydrogens (tertiary/aromatic N) is 1. The summed E-state index contributed by atoms with van der Waals surface area (Å²) in [6, 6.07) is 0.105. The number of hydrogen-bond acceptors (Lipinski definition) is 2. The molecule has 0 aliphatic heterocycles. The van der Waals surface area contributed by atoms with Gasteiger partial charge in [-0.1, -0.05) is 6.42 Å². The highest BCUT2D eigenvalue weighted by molar-refractivity contribution is 5.79. The first kappa shape index (κ1) is 10.5. The molecule has 0 bridgehead atoms. The Kier molecular flexibility index (Phi) is 3.72. The molecular weight excluding hydrogens is 164 g/mol. The van der Waals surface area contributed by atoms with E-state index in [-0.39, 0.29) is 17.9 Å². The van der Waals surface area contributed by atoms with E-state index in [0.29, 0.717) is 0 Å². The quantitative estimate of drug-likeness (QED) is 0.710. The molecule has 3 heteroatoms. The number of carbonyl (C=O) groups is 1. The summed E-state index contributed by atoms with van der Waals surface area (Å²) in [6.45, 7) is 5.64. The fraction of sp³-hybridized carbons (Fsp3) is 0.900. The van der Waals surface area contributed by atoms with Gasteiger partial charge < -0.3 is 10.6 Å². The van der Waals surface area contributed by atoms with Crippen molar-refractivity contribution in [3.05, 3.63) is 0 Å². The zero-order chi connectivity index (χ0) is 9.84. The molecule has 1 saturated carbocycles. The summed E-state index contributed by atoms with van der Waals surface area (Å²) in [5.41, 5.74) is 5.88. The van der Waals surface area contributed by atoms with Crippen molar-refractivity contribution < 1.29 is 4.79 Å². The van der Waals surface area contributed by atoms with Crippen molar-refractivity contribution in [3.8, 4) is 0 Å². The highest BCUT2D eigenvalue weighted by Crippen LogP contribution is 2.25. The molecule has 0 spiro atoms. The van der Waals surface area contributed by atoms with E-state index in [9.17, 15) is 4.79 Å². The molecular formula is C10H20N2O. The van der Waals surface area contributed by atoms with Crippen molar-refractivity contribution >= 4 is 5.91 Å². The molecule has 0 saturated heterocycles. The van der Waals surface area contributed by atoms with Crippen LogP contribution in [0.25, 0.3) is 0 Å². The van der Waals surface area contributed by atoms with E-state index < -0.39 is 0 Å². The molecule has 1 aliphatic carbocycles. The number of carbonyl (C=O) groups excluding carboxylic acids is 1. The summed E-state index contributed by atoms with van der Waals surface area (Å²) in [4.78, 5) is 13.7. The molecule has 0 radical (unpaired) electrons. The fourth-order valence-corrected chi connectivity index (χ4v) is 2.07. The van der Waals surface area contributed by atoms with Crippen LogP contribution in [0.5, 0.6) is 0 Å². The minimum absolute atomic E-state index is 0.0971. The van der Waals surface area contributed by atoms with E-state index in [1.807, 2.05) is 18.7 Å². The second kappa shape index (κ2) is 4.61. The lowest BCUT2D eigenvalue weighted by Gasteiger charge is -2.24. The van der Waals surface area contributed by atoms with E-state index in [2.05, 4.69) is 0 Å². The SMILES string of the molecule is CCN(CC)C(=O)C1CCCC1N. The van der Waals surface area contributed by atoms with Gasteiger partial charge in [0.25, 0.3) is 0 Å². The van der Waals surface area contributed by atoms with Crippen LogP contribution in [0.3, 0.4) is 0 Å². The van der Waals surface area contributed by atoms with Gasteiger partial charge in [-0.2, -0.15) is 0 Å². The third-order valence-corrected chi connectivity index (χ3v) is 2.96. The Morgan fingerprint density at radius 2 is 2.00 bits per heavy atom. The Hall–Kier alpha value is -0.570. The van der Waals surface area contributed by atoms with E-state index >= 15 is 0 Å². The van der Waals surface area contributed by atoms with Gasteiger partial charge in [0.05, 0.1) is 5.92 Å². The Labute approximate surface area is 80.3 Å². The molecule has 1 aliphatic rings. The Bertz CT molecular complexity index is 178. The van der Waals surface area contributed by atoms with Crippen molar-refractivity contribution in [2.75, 3.05) is 13.1 Å². The standard InChI is InChI=1S/C10H20N2O/c1-3-12(4-2)10(13)8-6-5-7-9(8)11/h8-9H,3-7,11H2,1-2H3. The largest absolute Gasteiger partial charge is 0.343 e. The summed E-state index contributed by atoms with van der Waals surface area (Å²) in [7, 11) is 0. The lowest BCUT2D eigenvalue weighted by molar-refractivity contribution is -0.135. The van der Waals surface area contributed by atoms with Crippen LogP contribution in [0.15, 0.2) is 0 Å². The van der Waals surface area contributed by atoms with Crippen LogP contribution in [0.2, 0.25) is 0 Å². The molecule has 1 amide bonds. The predicted molar refractivity (Wildman–Crippen MR) is 53.2 cm³/mol. The molecule has 3 nitrogen and oxygen atoms in total. The van der Waals surface area contributed by atoms with Crippen LogP contribution in [-0.4, -0.2) is 29.9 Å². The molecule has 2 N–H and O–H groups in total. The molecule has 1 fully saturated rings. The lowest BCUT2D eigenvalue weighted by atomic mass is 10.0. The molecule has 76 valence electrons. The first-order valence-corrected chi connectivity index (χ1v) is 5.25. The monoisotopic (exact) mass is 184 g/mol. The fourth-order valence-electron chi connectivity index (χ4n) is 2.07. The molecule has 0 heterocycles. The maximum atomic E-state index is 11.9. The van der Waals surface area contributed by atoms with Crippen LogP contribution >= 0.6 is 0 Å². The van der Waals surface area contributed by atoms with Gasteiger partial charge in [-0.05, 0) is 26.7 Å². The summed E-state index contributed by atoms with van der Waals surface area (Å²) in [5.74, 6) is 0.356. The topological polar surface area (TPSA) is 46.3 Å². The maximum absolute atomic E-state index is 11.9. The molecule has 0 aromatic heterocycles. The first-order chi connectivity index (χ1) is 6.20. The third-order valence-electron chi connectivity index (χ3n) is 2.96. The van der Waals surface area contributed by atoms with Gasteiger partial charge in [0.1, 0.15) is 0 Å². The van der Waals surface area contributed by atoms with Crippen LogP contribution in [-0.2, 0) is 4.79 Å². The molecule has 0 aromatic carbocycles. The van der Waals surface area contributed by atoms with Gasteiger partial charge >= 0.3 is 0 Å². The van der Waals surface area contributed by atoms with Crippen LogP contribution < -0.4 is 5.73 Å². The zero-order valence-electron chi connectivity index (χ0n) is 8.62. The smallest absolute Gasteiger partial charge is 0.227 e. The Balaban J connectivity index is 2.54. The Morgan fingerprint density at radius 3 is 2.38 bits per heavy atom. The van der Waals surface area contributed by atoms with Crippen molar-refractivity contribution in [2.45, 2.75) is 39.2 Å². The van der Waals surface area contributed by atoms with Crippen molar-refractivity contribution in [1.29, 1.82) is 0 Å². The molecule has 1 rings (SSSR count). The molecule has 2 atom stereocenters. The zero-order valence-corrected chi connectivity index (χ0v) is 8.62. The minimum atomic E-state index is 0.0971. The second-order valence-electron chi connectivity index (χ2n) is 3.71. The number of hydrogen-bond donors (Lipinski definition) is 1. The van der Waals surface area contributed by atoms with E-state index in [1.165, 1.54) is 0 Å². The second-order valence-corrected chi connectivity index (χ2v) is 3.71. The lowest BCUT2D eigenvalue weighted by Crippen LogP contribution is -2.41. The van der Waals surface area contributed by atoms with Crippen molar-refractivity contribution in [1.82, 2.24) is 4.90 Å². The average Bonchev–Trinajstić information content (AvgIpc) is 2.53. The van der Waals surface area contributed by atoms with E-state index in [1.54, 1.807) is 0 Å². The van der Waals surface area contributed by atoms with Gasteiger partial charge in [0, 0.05) is 19.1 Å². The van der Waals surface area contributed by atoms with E-state index in [0.717, 1.165) is 32.4 Å². The van der Waals surface area contributed by atoms with Gasteiger partial charge in [-0.25, -0.2) is 0 Å². The average molecular weight is 184 g/mol. The summed E-state index contributed by atoms with van der Waals surface area (Å²) < 4.78 is 0. The number of nitrogens with two attached hydrogens (primary N) is 1.